The van der Waals surface area contributed by atoms with Crippen LogP contribution in [-0.2, 0) is 32.7 Å². The van der Waals surface area contributed by atoms with E-state index in [4.69, 9.17) is 18.5 Å². The van der Waals surface area contributed by atoms with Gasteiger partial charge in [-0.2, -0.15) is 0 Å². The van der Waals surface area contributed by atoms with Crippen molar-refractivity contribution in [1.29, 1.82) is 0 Å². The van der Waals surface area contributed by atoms with Gasteiger partial charge in [0.1, 0.15) is 12.2 Å². The van der Waals surface area contributed by atoms with Gasteiger partial charge in [-0.05, 0) is 38.5 Å². The maximum atomic E-state index is 12.4. The van der Waals surface area contributed by atoms with Crippen molar-refractivity contribution in [2.45, 2.75) is 289 Å². The van der Waals surface area contributed by atoms with Crippen LogP contribution in [0, 0.1) is 0 Å². The molecule has 0 radical (unpaired) electrons. The van der Waals surface area contributed by atoms with E-state index < -0.39 is 58.4 Å². The molecular weight excluding hydrogens is 828 g/mol. The number of hydrogen-bond donors (Lipinski definition) is 3. The van der Waals surface area contributed by atoms with E-state index in [9.17, 15) is 29.3 Å². The van der Waals surface area contributed by atoms with Crippen molar-refractivity contribution >= 4 is 19.8 Å². The molecular formula is C53H103O10P. The Morgan fingerprint density at radius 1 is 0.406 bits per heavy atom. The molecule has 64 heavy (non-hydrogen) atoms. The van der Waals surface area contributed by atoms with Gasteiger partial charge >= 0.3 is 19.8 Å². The molecule has 0 aromatic heterocycles. The Kier molecular flexibility index (Phi) is 48.6. The summed E-state index contributed by atoms with van der Waals surface area (Å²) in [5.74, 6) is -1.01. The second kappa shape index (κ2) is 49.6. The van der Waals surface area contributed by atoms with Gasteiger partial charge in [-0.25, -0.2) is 4.57 Å². The Labute approximate surface area is 394 Å². The third-order valence-corrected chi connectivity index (χ3v) is 13.2. The summed E-state index contributed by atoms with van der Waals surface area (Å²) < 4.78 is 32.8. The van der Waals surface area contributed by atoms with Crippen LogP contribution in [-0.4, -0.2) is 65.7 Å². The number of phosphoric acid groups is 1. The van der Waals surface area contributed by atoms with Crippen LogP contribution >= 0.6 is 7.82 Å². The fourth-order valence-electron chi connectivity index (χ4n) is 8.05. The normalized spacial score (nSPS) is 13.6. The highest BCUT2D eigenvalue weighted by molar-refractivity contribution is 7.47. The fraction of sp³-hybridized carbons (Fsp3) is 0.925. The number of aliphatic hydroxyl groups excluding tert-OH is 2. The first kappa shape index (κ1) is 62.7. The van der Waals surface area contributed by atoms with Crippen molar-refractivity contribution in [1.82, 2.24) is 0 Å². The number of esters is 2. The summed E-state index contributed by atoms with van der Waals surface area (Å²) in [7, 11) is -4.64. The molecule has 0 saturated heterocycles. The van der Waals surface area contributed by atoms with Gasteiger partial charge in [0, 0.05) is 12.8 Å². The molecule has 0 aromatic rings. The number of ether oxygens (including phenoxy) is 2. The van der Waals surface area contributed by atoms with Gasteiger partial charge in [0.05, 0.1) is 26.4 Å². The molecule has 3 unspecified atom stereocenters. The van der Waals surface area contributed by atoms with Crippen LogP contribution in [0.25, 0.3) is 0 Å². The molecule has 3 N–H and O–H groups in total. The second-order valence-corrected chi connectivity index (χ2v) is 20.0. The molecule has 0 amide bonds. The molecule has 0 heterocycles. The van der Waals surface area contributed by atoms with Crippen LogP contribution in [0.15, 0.2) is 12.2 Å². The number of aliphatic hydroxyl groups is 2. The van der Waals surface area contributed by atoms with Gasteiger partial charge in [-0.15, -0.1) is 0 Å². The first-order chi connectivity index (χ1) is 31.3. The van der Waals surface area contributed by atoms with Crippen molar-refractivity contribution in [3.05, 3.63) is 12.2 Å². The number of unbranched alkanes of at least 4 members (excludes halogenated alkanes) is 36. The standard InChI is InChI=1S/C53H103O10P/c1-3-5-7-9-11-13-15-17-19-21-23-24-25-26-27-29-31-33-35-37-39-41-43-45-53(57)63-51(47-55)49-61-64(58,59)60-48-50(46-54)62-52(56)44-42-40-38-36-34-32-30-28-22-20-18-16-14-12-10-8-6-4-2/h20,22,50-51,54-55H,3-19,21,23-49H2,1-2H3,(H,58,59)/b22-20-. The quantitative estimate of drug-likeness (QED) is 0.0233. The van der Waals surface area contributed by atoms with Gasteiger partial charge in [0.2, 0.25) is 0 Å². The smallest absolute Gasteiger partial charge is 0.457 e. The Morgan fingerprint density at radius 3 is 0.891 bits per heavy atom. The zero-order valence-corrected chi connectivity index (χ0v) is 42.7. The molecule has 0 aliphatic carbocycles. The molecule has 0 aliphatic rings. The highest BCUT2D eigenvalue weighted by Crippen LogP contribution is 2.43. The molecule has 0 fully saturated rings. The molecule has 11 heteroatoms. The van der Waals surface area contributed by atoms with E-state index in [0.29, 0.717) is 12.8 Å². The lowest BCUT2D eigenvalue weighted by atomic mass is 10.0. The zero-order chi connectivity index (χ0) is 46.9. The average Bonchev–Trinajstić information content (AvgIpc) is 3.29. The number of rotatable bonds is 52. The van der Waals surface area contributed by atoms with Crippen LogP contribution in [0.1, 0.15) is 277 Å². The average molecular weight is 931 g/mol. The zero-order valence-electron chi connectivity index (χ0n) is 41.8. The maximum absolute atomic E-state index is 12.4. The largest absolute Gasteiger partial charge is 0.472 e. The van der Waals surface area contributed by atoms with E-state index in [2.05, 4.69) is 26.0 Å². The van der Waals surface area contributed by atoms with Crippen LogP contribution in [0.2, 0.25) is 0 Å². The monoisotopic (exact) mass is 931 g/mol. The van der Waals surface area contributed by atoms with E-state index in [-0.39, 0.29) is 12.8 Å². The molecule has 0 rings (SSSR count). The predicted octanol–water partition coefficient (Wildman–Crippen LogP) is 15.5. The Hall–Kier alpha value is -1.29. The summed E-state index contributed by atoms with van der Waals surface area (Å²) >= 11 is 0. The van der Waals surface area contributed by atoms with Crippen LogP contribution < -0.4 is 0 Å². The number of phosphoric ester groups is 1. The summed E-state index contributed by atoms with van der Waals surface area (Å²) in [6.45, 7) is 2.27. The van der Waals surface area contributed by atoms with Crippen molar-refractivity contribution in [3.63, 3.8) is 0 Å². The van der Waals surface area contributed by atoms with Gasteiger partial charge < -0.3 is 24.6 Å². The third-order valence-electron chi connectivity index (χ3n) is 12.2. The van der Waals surface area contributed by atoms with Crippen LogP contribution in [0.5, 0.6) is 0 Å². The number of carbonyl (C=O) groups excluding carboxylic acids is 2. The highest BCUT2D eigenvalue weighted by atomic mass is 31.2. The lowest BCUT2D eigenvalue weighted by molar-refractivity contribution is -0.153. The first-order valence-corrected chi connectivity index (χ1v) is 28.6. The molecule has 0 aromatic carbocycles. The minimum Gasteiger partial charge on any atom is -0.457 e. The van der Waals surface area contributed by atoms with Gasteiger partial charge in [0.15, 0.2) is 0 Å². The van der Waals surface area contributed by atoms with Gasteiger partial charge in [-0.3, -0.25) is 18.6 Å². The fourth-order valence-corrected chi connectivity index (χ4v) is 8.84. The lowest BCUT2D eigenvalue weighted by Gasteiger charge is -2.20. The first-order valence-electron chi connectivity index (χ1n) is 27.1. The van der Waals surface area contributed by atoms with Crippen molar-refractivity contribution < 1.29 is 47.8 Å². The molecule has 0 bridgehead atoms. The molecule has 10 nitrogen and oxygen atoms in total. The van der Waals surface area contributed by atoms with Crippen LogP contribution in [0.4, 0.5) is 0 Å². The van der Waals surface area contributed by atoms with E-state index in [1.165, 1.54) is 193 Å². The number of carbonyl (C=O) groups is 2. The van der Waals surface area contributed by atoms with Crippen molar-refractivity contribution in [2.24, 2.45) is 0 Å². The van der Waals surface area contributed by atoms with E-state index in [0.717, 1.165) is 44.9 Å². The molecule has 380 valence electrons. The topological polar surface area (TPSA) is 149 Å². The van der Waals surface area contributed by atoms with E-state index in [1.807, 2.05) is 0 Å². The van der Waals surface area contributed by atoms with Crippen LogP contribution in [0.3, 0.4) is 0 Å². The Balaban J connectivity index is 3.77. The Morgan fingerprint density at radius 2 is 0.641 bits per heavy atom. The minimum atomic E-state index is -4.64. The molecule has 3 atom stereocenters. The third kappa shape index (κ3) is 47.2. The summed E-state index contributed by atoms with van der Waals surface area (Å²) in [4.78, 5) is 34.7. The molecule has 0 aliphatic heterocycles. The molecule has 0 saturated carbocycles. The molecule has 0 spiro atoms. The maximum Gasteiger partial charge on any atom is 0.472 e. The van der Waals surface area contributed by atoms with Crippen molar-refractivity contribution in [3.8, 4) is 0 Å². The minimum absolute atomic E-state index is 0.191. The SMILES string of the molecule is CCCCCCCCC/C=C\CCCCCCCCCC(=O)OC(CO)COP(=O)(O)OCC(CO)OC(=O)CCCCCCCCCCCCCCCCCCCCCCCCC. The number of hydrogen-bond acceptors (Lipinski definition) is 9. The summed E-state index contributed by atoms with van der Waals surface area (Å²) in [5, 5.41) is 19.3. The predicted molar refractivity (Wildman–Crippen MR) is 265 cm³/mol. The van der Waals surface area contributed by atoms with Gasteiger partial charge in [-0.1, -0.05) is 238 Å². The Bertz CT molecular complexity index is 1070. The summed E-state index contributed by atoms with van der Waals surface area (Å²) in [6.07, 6.45) is 51.9. The van der Waals surface area contributed by atoms with E-state index in [1.54, 1.807) is 0 Å². The highest BCUT2D eigenvalue weighted by Gasteiger charge is 2.27. The van der Waals surface area contributed by atoms with Crippen molar-refractivity contribution in [2.75, 3.05) is 26.4 Å². The second-order valence-electron chi connectivity index (χ2n) is 18.6. The summed E-state index contributed by atoms with van der Waals surface area (Å²) in [5.41, 5.74) is 0. The number of allylic oxidation sites excluding steroid dienone is 2. The van der Waals surface area contributed by atoms with E-state index >= 15 is 0 Å². The summed E-state index contributed by atoms with van der Waals surface area (Å²) in [6, 6.07) is 0. The lowest BCUT2D eigenvalue weighted by Crippen LogP contribution is -2.28. The van der Waals surface area contributed by atoms with Gasteiger partial charge in [0.25, 0.3) is 0 Å².